The average molecular weight is 450 g/mol. The smallest absolute Gasteiger partial charge is 0.256 e. The number of fused-ring (bicyclic) bond motifs is 1. The van der Waals surface area contributed by atoms with Crippen LogP contribution < -0.4 is 5.73 Å². The molecule has 0 atom stereocenters. The SMILES string of the molecule is Cc1nn(C)c2ccc(-c3ccc(C(=O)N4CCN(C(=O)C5(N)CCC5)CC4)c(F)c3)cc12. The Hall–Kier alpha value is -3.26. The fraction of sp³-hybridized carbons (Fsp3) is 0.400. The number of aromatic nitrogens is 2. The van der Waals surface area contributed by atoms with Crippen LogP contribution in [0.4, 0.5) is 4.39 Å². The lowest BCUT2D eigenvalue weighted by molar-refractivity contribution is -0.141. The summed E-state index contributed by atoms with van der Waals surface area (Å²) in [5.41, 5.74) is 8.98. The molecule has 1 saturated carbocycles. The van der Waals surface area contributed by atoms with E-state index >= 15 is 4.39 Å². The number of aryl methyl sites for hydroxylation is 2. The van der Waals surface area contributed by atoms with Crippen LogP contribution in [0.1, 0.15) is 35.3 Å². The predicted octanol–water partition coefficient (Wildman–Crippen LogP) is 2.85. The van der Waals surface area contributed by atoms with Crippen LogP contribution in [0, 0.1) is 12.7 Å². The molecule has 172 valence electrons. The number of piperazine rings is 1. The highest BCUT2D eigenvalue weighted by atomic mass is 19.1. The van der Waals surface area contributed by atoms with E-state index < -0.39 is 11.4 Å². The third-order valence-corrected chi connectivity index (χ3v) is 7.09. The number of rotatable bonds is 3. The van der Waals surface area contributed by atoms with E-state index in [1.165, 1.54) is 6.07 Å². The van der Waals surface area contributed by atoms with E-state index in [9.17, 15) is 9.59 Å². The second-order valence-electron chi connectivity index (χ2n) is 9.23. The van der Waals surface area contributed by atoms with E-state index in [-0.39, 0.29) is 17.4 Å². The summed E-state index contributed by atoms with van der Waals surface area (Å²) in [6, 6.07) is 10.6. The van der Waals surface area contributed by atoms with Crippen LogP contribution in [0.5, 0.6) is 0 Å². The van der Waals surface area contributed by atoms with Crippen LogP contribution in [0.25, 0.3) is 22.0 Å². The zero-order valence-electron chi connectivity index (χ0n) is 19.0. The Morgan fingerprint density at radius 2 is 1.64 bits per heavy atom. The van der Waals surface area contributed by atoms with Gasteiger partial charge in [0.15, 0.2) is 0 Å². The molecule has 2 amide bonds. The van der Waals surface area contributed by atoms with E-state index in [2.05, 4.69) is 5.10 Å². The second kappa shape index (κ2) is 7.95. The Morgan fingerprint density at radius 3 is 2.27 bits per heavy atom. The van der Waals surface area contributed by atoms with Gasteiger partial charge in [-0.3, -0.25) is 14.3 Å². The maximum atomic E-state index is 15.0. The molecule has 2 fully saturated rings. The molecule has 7 nitrogen and oxygen atoms in total. The first-order chi connectivity index (χ1) is 15.8. The lowest BCUT2D eigenvalue weighted by atomic mass is 9.76. The van der Waals surface area contributed by atoms with Crippen molar-refractivity contribution in [1.29, 1.82) is 0 Å². The number of nitrogens with two attached hydrogens (primary N) is 1. The minimum Gasteiger partial charge on any atom is -0.338 e. The molecule has 0 bridgehead atoms. The zero-order chi connectivity index (χ0) is 23.3. The third-order valence-electron chi connectivity index (χ3n) is 7.09. The van der Waals surface area contributed by atoms with E-state index in [1.54, 1.807) is 21.9 Å². The molecule has 5 rings (SSSR count). The average Bonchev–Trinajstić information content (AvgIpc) is 3.09. The van der Waals surface area contributed by atoms with Crippen LogP contribution in [-0.4, -0.2) is 63.1 Å². The number of carbonyl (C=O) groups excluding carboxylic acids is 2. The van der Waals surface area contributed by atoms with Crippen molar-refractivity contribution in [1.82, 2.24) is 19.6 Å². The maximum absolute atomic E-state index is 15.0. The molecule has 3 aromatic rings. The first-order valence-corrected chi connectivity index (χ1v) is 11.4. The van der Waals surface area contributed by atoms with Gasteiger partial charge in [0.05, 0.1) is 22.3 Å². The van der Waals surface area contributed by atoms with Crippen molar-refractivity contribution in [2.24, 2.45) is 12.8 Å². The minimum atomic E-state index is -0.731. The molecule has 8 heteroatoms. The van der Waals surface area contributed by atoms with E-state index in [4.69, 9.17) is 5.73 Å². The van der Waals surface area contributed by atoms with Crippen molar-refractivity contribution in [3.63, 3.8) is 0 Å². The maximum Gasteiger partial charge on any atom is 0.256 e. The first-order valence-electron chi connectivity index (χ1n) is 11.4. The van der Waals surface area contributed by atoms with Gasteiger partial charge in [0.2, 0.25) is 5.91 Å². The highest BCUT2D eigenvalue weighted by Crippen LogP contribution is 2.31. The highest BCUT2D eigenvalue weighted by Gasteiger charge is 2.43. The van der Waals surface area contributed by atoms with E-state index in [1.807, 2.05) is 36.9 Å². The van der Waals surface area contributed by atoms with Gasteiger partial charge in [-0.15, -0.1) is 0 Å². The molecule has 1 aromatic heterocycles. The summed E-state index contributed by atoms with van der Waals surface area (Å²) in [5, 5.41) is 5.45. The molecule has 2 heterocycles. The highest BCUT2D eigenvalue weighted by molar-refractivity contribution is 5.96. The third kappa shape index (κ3) is 3.68. The van der Waals surface area contributed by atoms with E-state index in [0.29, 0.717) is 31.7 Å². The van der Waals surface area contributed by atoms with Gasteiger partial charge in [0, 0.05) is 38.6 Å². The van der Waals surface area contributed by atoms with Crippen molar-refractivity contribution in [3.05, 3.63) is 53.5 Å². The summed E-state index contributed by atoms with van der Waals surface area (Å²) in [6.07, 6.45) is 2.41. The molecule has 1 aliphatic carbocycles. The van der Waals surface area contributed by atoms with Crippen molar-refractivity contribution in [2.45, 2.75) is 31.7 Å². The fourth-order valence-corrected chi connectivity index (χ4v) is 4.86. The van der Waals surface area contributed by atoms with Crippen LogP contribution in [0.2, 0.25) is 0 Å². The summed E-state index contributed by atoms with van der Waals surface area (Å²) < 4.78 is 16.8. The molecule has 0 radical (unpaired) electrons. The fourth-order valence-electron chi connectivity index (χ4n) is 4.86. The Morgan fingerprint density at radius 1 is 1.00 bits per heavy atom. The lowest BCUT2D eigenvalue weighted by Gasteiger charge is -2.43. The molecular formula is C25H28FN5O2. The van der Waals surface area contributed by atoms with Crippen molar-refractivity contribution in [2.75, 3.05) is 26.2 Å². The van der Waals surface area contributed by atoms with Crippen molar-refractivity contribution in [3.8, 4) is 11.1 Å². The molecule has 2 aromatic carbocycles. The molecule has 0 spiro atoms. The van der Waals surface area contributed by atoms with Gasteiger partial charge >= 0.3 is 0 Å². The van der Waals surface area contributed by atoms with Crippen LogP contribution in [0.3, 0.4) is 0 Å². The normalized spacial score (nSPS) is 17.8. The van der Waals surface area contributed by atoms with Gasteiger partial charge in [0.1, 0.15) is 5.82 Å². The standard InChI is InChI=1S/C25H28FN5O2/c1-16-20-14-17(5-7-22(20)29(2)28-16)18-4-6-19(21(26)15-18)23(32)30-10-12-31(13-11-30)24(33)25(27)8-3-9-25/h4-7,14-15H,3,8-13,27H2,1-2H3. The Kier molecular flexibility index (Phi) is 5.20. The predicted molar refractivity (Wildman–Crippen MR) is 124 cm³/mol. The summed E-state index contributed by atoms with van der Waals surface area (Å²) in [4.78, 5) is 28.9. The molecule has 2 N–H and O–H groups in total. The largest absolute Gasteiger partial charge is 0.338 e. The van der Waals surface area contributed by atoms with Gasteiger partial charge < -0.3 is 15.5 Å². The summed E-state index contributed by atoms with van der Waals surface area (Å²) >= 11 is 0. The van der Waals surface area contributed by atoms with Crippen LogP contribution in [0.15, 0.2) is 36.4 Å². The van der Waals surface area contributed by atoms with Crippen LogP contribution in [-0.2, 0) is 11.8 Å². The number of hydrogen-bond donors (Lipinski definition) is 1. The molecule has 33 heavy (non-hydrogen) atoms. The Balaban J connectivity index is 1.30. The molecule has 2 aliphatic rings. The van der Waals surface area contributed by atoms with E-state index in [0.717, 1.165) is 41.4 Å². The first kappa shape index (κ1) is 21.6. The molecule has 0 unspecified atom stereocenters. The Labute approximate surface area is 191 Å². The number of nitrogens with zero attached hydrogens (tertiary/aromatic N) is 4. The van der Waals surface area contributed by atoms with Gasteiger partial charge in [-0.2, -0.15) is 5.10 Å². The number of amides is 2. The van der Waals surface area contributed by atoms with Gasteiger partial charge in [-0.25, -0.2) is 4.39 Å². The van der Waals surface area contributed by atoms with Gasteiger partial charge in [-0.05, 0) is 61.6 Å². The van der Waals surface area contributed by atoms with Gasteiger partial charge in [0.25, 0.3) is 5.91 Å². The topological polar surface area (TPSA) is 84.5 Å². The van der Waals surface area contributed by atoms with Crippen LogP contribution >= 0.6 is 0 Å². The monoisotopic (exact) mass is 449 g/mol. The summed E-state index contributed by atoms with van der Waals surface area (Å²) in [5.74, 6) is -0.928. The van der Waals surface area contributed by atoms with Crippen molar-refractivity contribution < 1.29 is 14.0 Å². The number of hydrogen-bond acceptors (Lipinski definition) is 4. The Bertz CT molecular complexity index is 1260. The second-order valence-corrected chi connectivity index (χ2v) is 9.23. The quantitative estimate of drug-likeness (QED) is 0.667. The summed E-state index contributed by atoms with van der Waals surface area (Å²) in [7, 11) is 1.90. The van der Waals surface area contributed by atoms with Crippen molar-refractivity contribution >= 4 is 22.7 Å². The summed E-state index contributed by atoms with van der Waals surface area (Å²) in [6.45, 7) is 3.54. The number of benzene rings is 2. The minimum absolute atomic E-state index is 0.0304. The lowest BCUT2D eigenvalue weighted by Crippen LogP contribution is -2.62. The molecular weight excluding hydrogens is 421 g/mol. The number of halogens is 1. The zero-order valence-corrected chi connectivity index (χ0v) is 19.0. The van der Waals surface area contributed by atoms with Gasteiger partial charge in [-0.1, -0.05) is 12.1 Å². The number of carbonyl (C=O) groups is 2. The molecule has 1 saturated heterocycles. The molecule has 1 aliphatic heterocycles.